The normalized spacial score (nSPS) is 13.7. The molecule has 1 saturated heterocycles. The Kier molecular flexibility index (Phi) is 5.49. The molecule has 1 fully saturated rings. The lowest BCUT2D eigenvalue weighted by Gasteiger charge is -2.21. The molecule has 2 aromatic rings. The van der Waals surface area contributed by atoms with Crippen LogP contribution in [0, 0.1) is 6.92 Å². The maximum absolute atomic E-state index is 12.3. The molecule has 0 saturated carbocycles. The molecule has 0 spiro atoms. The van der Waals surface area contributed by atoms with Crippen LogP contribution in [0.5, 0.6) is 0 Å². The Morgan fingerprint density at radius 3 is 2.36 bits per heavy atom. The van der Waals surface area contributed by atoms with Crippen molar-refractivity contribution in [3.8, 4) is 0 Å². The summed E-state index contributed by atoms with van der Waals surface area (Å²) in [5, 5.41) is 2.97. The van der Waals surface area contributed by atoms with Crippen molar-refractivity contribution in [1.29, 1.82) is 0 Å². The third kappa shape index (κ3) is 4.47. The average Bonchev–Trinajstić information content (AvgIpc) is 3.15. The zero-order valence-corrected chi connectivity index (χ0v) is 14.6. The number of Topliss-reactive ketones (excluding diaryl/α,β-unsaturated/α-hetero) is 1. The number of nitrogens with one attached hydrogen (secondary N) is 1. The van der Waals surface area contributed by atoms with Crippen LogP contribution in [0.4, 0.5) is 11.4 Å². The largest absolute Gasteiger partial charge is 0.370 e. The molecule has 3 rings (SSSR count). The second-order valence-electron chi connectivity index (χ2n) is 6.55. The molecule has 0 bridgehead atoms. The molecule has 4 heteroatoms. The summed E-state index contributed by atoms with van der Waals surface area (Å²) >= 11 is 0. The van der Waals surface area contributed by atoms with Crippen LogP contribution < -0.4 is 10.2 Å². The van der Waals surface area contributed by atoms with Crippen molar-refractivity contribution in [3.63, 3.8) is 0 Å². The number of amides is 1. The van der Waals surface area contributed by atoms with Crippen molar-refractivity contribution in [3.05, 3.63) is 59.7 Å². The van der Waals surface area contributed by atoms with E-state index in [0.717, 1.165) is 30.0 Å². The van der Waals surface area contributed by atoms with Gasteiger partial charge in [0.05, 0.1) is 11.4 Å². The molecule has 130 valence electrons. The smallest absolute Gasteiger partial charge is 0.224 e. The van der Waals surface area contributed by atoms with Crippen molar-refractivity contribution in [2.45, 2.75) is 32.6 Å². The highest BCUT2D eigenvalue weighted by Gasteiger charge is 2.17. The molecule has 2 aromatic carbocycles. The molecule has 0 aromatic heterocycles. The third-order valence-corrected chi connectivity index (χ3v) is 4.58. The van der Waals surface area contributed by atoms with Crippen LogP contribution in [-0.4, -0.2) is 24.8 Å². The number of hydrogen-bond acceptors (Lipinski definition) is 3. The highest BCUT2D eigenvalue weighted by atomic mass is 16.2. The number of para-hydroxylation sites is 2. The first-order valence-electron chi connectivity index (χ1n) is 8.87. The molecule has 0 atom stereocenters. The van der Waals surface area contributed by atoms with Crippen LogP contribution in [0.2, 0.25) is 0 Å². The summed E-state index contributed by atoms with van der Waals surface area (Å²) in [4.78, 5) is 26.8. The third-order valence-electron chi connectivity index (χ3n) is 4.58. The predicted octanol–water partition coefficient (Wildman–Crippen LogP) is 4.20. The second kappa shape index (κ2) is 7.97. The number of nitrogens with zero attached hydrogens (tertiary/aromatic N) is 1. The Morgan fingerprint density at radius 2 is 1.64 bits per heavy atom. The number of carbonyl (C=O) groups excluding carboxylic acids is 2. The van der Waals surface area contributed by atoms with E-state index in [1.165, 1.54) is 12.8 Å². The van der Waals surface area contributed by atoms with E-state index in [0.29, 0.717) is 5.56 Å². The minimum Gasteiger partial charge on any atom is -0.370 e. The van der Waals surface area contributed by atoms with Crippen molar-refractivity contribution in [1.82, 2.24) is 0 Å². The summed E-state index contributed by atoms with van der Waals surface area (Å²) in [6.45, 7) is 4.04. The summed E-state index contributed by atoms with van der Waals surface area (Å²) in [5.74, 6) is -0.116. The minimum atomic E-state index is -0.118. The summed E-state index contributed by atoms with van der Waals surface area (Å²) in [5.41, 5.74) is 3.68. The monoisotopic (exact) mass is 336 g/mol. The van der Waals surface area contributed by atoms with E-state index in [-0.39, 0.29) is 24.5 Å². The number of ketones is 1. The first-order valence-corrected chi connectivity index (χ1v) is 8.87. The van der Waals surface area contributed by atoms with Gasteiger partial charge in [-0.2, -0.15) is 0 Å². The molecule has 4 nitrogen and oxygen atoms in total. The van der Waals surface area contributed by atoms with Crippen LogP contribution in [0.1, 0.15) is 41.6 Å². The molecular weight excluding hydrogens is 312 g/mol. The zero-order chi connectivity index (χ0) is 17.6. The summed E-state index contributed by atoms with van der Waals surface area (Å²) in [6.07, 6.45) is 2.79. The van der Waals surface area contributed by atoms with E-state index in [1.807, 2.05) is 55.5 Å². The molecule has 1 aliphatic heterocycles. The Balaban J connectivity index is 1.58. The van der Waals surface area contributed by atoms with Gasteiger partial charge in [-0.3, -0.25) is 9.59 Å². The van der Waals surface area contributed by atoms with Gasteiger partial charge in [-0.25, -0.2) is 0 Å². The maximum Gasteiger partial charge on any atom is 0.224 e. The minimum absolute atomic E-state index is 0.00276. The highest BCUT2D eigenvalue weighted by molar-refractivity contribution is 6.00. The van der Waals surface area contributed by atoms with Gasteiger partial charge in [0.2, 0.25) is 5.91 Å². The van der Waals surface area contributed by atoms with Gasteiger partial charge in [0, 0.05) is 31.5 Å². The van der Waals surface area contributed by atoms with Gasteiger partial charge < -0.3 is 10.2 Å². The van der Waals surface area contributed by atoms with E-state index in [9.17, 15) is 9.59 Å². The Labute approximate surface area is 148 Å². The number of carbonyl (C=O) groups is 2. The van der Waals surface area contributed by atoms with Crippen molar-refractivity contribution >= 4 is 23.1 Å². The molecule has 0 unspecified atom stereocenters. The van der Waals surface area contributed by atoms with E-state index in [4.69, 9.17) is 0 Å². The van der Waals surface area contributed by atoms with Crippen LogP contribution in [0.25, 0.3) is 0 Å². The first-order chi connectivity index (χ1) is 12.1. The van der Waals surface area contributed by atoms with Gasteiger partial charge in [-0.05, 0) is 31.9 Å². The van der Waals surface area contributed by atoms with Crippen LogP contribution in [-0.2, 0) is 4.79 Å². The fourth-order valence-electron chi connectivity index (χ4n) is 3.14. The van der Waals surface area contributed by atoms with Crippen LogP contribution >= 0.6 is 0 Å². The molecule has 1 heterocycles. The molecule has 0 aliphatic carbocycles. The van der Waals surface area contributed by atoms with E-state index in [1.54, 1.807) is 0 Å². The maximum atomic E-state index is 12.3. The molecule has 1 aliphatic rings. The van der Waals surface area contributed by atoms with E-state index < -0.39 is 0 Å². The lowest BCUT2D eigenvalue weighted by atomic mass is 10.0. The lowest BCUT2D eigenvalue weighted by molar-refractivity contribution is -0.116. The molecular formula is C21H24N2O2. The number of rotatable bonds is 6. The zero-order valence-electron chi connectivity index (χ0n) is 14.6. The van der Waals surface area contributed by atoms with Crippen molar-refractivity contribution < 1.29 is 9.59 Å². The number of benzene rings is 2. The van der Waals surface area contributed by atoms with Crippen molar-refractivity contribution in [2.24, 2.45) is 0 Å². The quantitative estimate of drug-likeness (QED) is 0.805. The number of anilines is 2. The standard InChI is InChI=1S/C21H24N2O2/c1-16-8-10-17(11-9-16)20(24)12-13-21(25)22-18-6-2-3-7-19(18)23-14-4-5-15-23/h2-3,6-11H,4-5,12-15H2,1H3,(H,22,25). The SMILES string of the molecule is Cc1ccc(C(=O)CCC(=O)Nc2ccccc2N2CCCC2)cc1. The number of aryl methyl sites for hydroxylation is 1. The topological polar surface area (TPSA) is 49.4 Å². The summed E-state index contributed by atoms with van der Waals surface area (Å²) < 4.78 is 0. The molecule has 25 heavy (non-hydrogen) atoms. The molecule has 0 radical (unpaired) electrons. The summed E-state index contributed by atoms with van der Waals surface area (Å²) in [7, 11) is 0. The summed E-state index contributed by atoms with van der Waals surface area (Å²) in [6, 6.07) is 15.3. The average molecular weight is 336 g/mol. The molecule has 1 N–H and O–H groups in total. The van der Waals surface area contributed by atoms with Gasteiger partial charge in [-0.1, -0.05) is 42.0 Å². The number of hydrogen-bond donors (Lipinski definition) is 1. The van der Waals surface area contributed by atoms with Crippen LogP contribution in [0.15, 0.2) is 48.5 Å². The second-order valence-corrected chi connectivity index (χ2v) is 6.55. The Morgan fingerprint density at radius 1 is 0.960 bits per heavy atom. The Bertz CT molecular complexity index is 747. The van der Waals surface area contributed by atoms with Gasteiger partial charge in [0.15, 0.2) is 5.78 Å². The van der Waals surface area contributed by atoms with Crippen molar-refractivity contribution in [2.75, 3.05) is 23.3 Å². The van der Waals surface area contributed by atoms with Gasteiger partial charge >= 0.3 is 0 Å². The first kappa shape index (κ1) is 17.2. The van der Waals surface area contributed by atoms with Gasteiger partial charge in [0.1, 0.15) is 0 Å². The Hall–Kier alpha value is -2.62. The lowest BCUT2D eigenvalue weighted by Crippen LogP contribution is -2.21. The predicted molar refractivity (Wildman–Crippen MR) is 101 cm³/mol. The highest BCUT2D eigenvalue weighted by Crippen LogP contribution is 2.28. The van der Waals surface area contributed by atoms with E-state index in [2.05, 4.69) is 10.2 Å². The fraction of sp³-hybridized carbons (Fsp3) is 0.333. The molecule has 1 amide bonds. The van der Waals surface area contributed by atoms with Gasteiger partial charge in [-0.15, -0.1) is 0 Å². The van der Waals surface area contributed by atoms with E-state index >= 15 is 0 Å². The fourth-order valence-corrected chi connectivity index (χ4v) is 3.14. The van der Waals surface area contributed by atoms with Gasteiger partial charge in [0.25, 0.3) is 0 Å². The van der Waals surface area contributed by atoms with Crippen LogP contribution in [0.3, 0.4) is 0 Å².